The molecular weight excluding hydrogens is 307 g/mol. The molecule has 1 aliphatic heterocycles. The summed E-state index contributed by atoms with van der Waals surface area (Å²) in [6, 6.07) is 3.86. The van der Waals surface area contributed by atoms with Gasteiger partial charge in [-0.25, -0.2) is 17.9 Å². The van der Waals surface area contributed by atoms with Gasteiger partial charge in [-0.3, -0.25) is 0 Å². The maximum absolute atomic E-state index is 14.3. The molecule has 2 rings (SSSR count). The van der Waals surface area contributed by atoms with Crippen LogP contribution in [0.3, 0.4) is 0 Å². The van der Waals surface area contributed by atoms with Crippen LogP contribution < -0.4 is 15.2 Å². The summed E-state index contributed by atoms with van der Waals surface area (Å²) < 4.78 is 42.0. The summed E-state index contributed by atoms with van der Waals surface area (Å²) >= 11 is 5.92. The highest BCUT2D eigenvalue weighted by Crippen LogP contribution is 2.30. The molecule has 0 aliphatic carbocycles. The molecule has 1 fully saturated rings. The highest BCUT2D eigenvalue weighted by Gasteiger charge is 2.32. The van der Waals surface area contributed by atoms with Gasteiger partial charge in [-0.15, -0.1) is 0 Å². The summed E-state index contributed by atoms with van der Waals surface area (Å²) in [5.41, 5.74) is -1.38. The highest BCUT2D eigenvalue weighted by molar-refractivity contribution is 7.89. The lowest BCUT2D eigenvalue weighted by atomic mass is 9.95. The molecule has 0 atom stereocenters. The average molecular weight is 323 g/mol. The van der Waals surface area contributed by atoms with E-state index in [1.54, 1.807) is 0 Å². The van der Waals surface area contributed by atoms with E-state index < -0.39 is 15.7 Å². The van der Waals surface area contributed by atoms with E-state index in [0.29, 0.717) is 25.9 Å². The van der Waals surface area contributed by atoms with E-state index in [0.717, 1.165) is 0 Å². The van der Waals surface area contributed by atoms with Crippen LogP contribution in [0.25, 0.3) is 0 Å². The lowest BCUT2D eigenvalue weighted by Gasteiger charge is -2.29. The number of rotatable bonds is 4. The Morgan fingerprint density at radius 1 is 1.40 bits per heavy atom. The van der Waals surface area contributed by atoms with Crippen LogP contribution in [0.1, 0.15) is 12.8 Å². The van der Waals surface area contributed by atoms with Gasteiger partial charge in [0, 0.05) is 0 Å². The molecular formula is C12H16ClFN2O3S. The summed E-state index contributed by atoms with van der Waals surface area (Å²) in [7, 11) is -3.81. The van der Waals surface area contributed by atoms with Crippen molar-refractivity contribution in [3.63, 3.8) is 0 Å². The Kier molecular flexibility index (Phi) is 4.53. The normalized spacial score (nSPS) is 18.8. The summed E-state index contributed by atoms with van der Waals surface area (Å²) in [6.45, 7) is 1.11. The second kappa shape index (κ2) is 5.85. The van der Waals surface area contributed by atoms with Gasteiger partial charge in [0.1, 0.15) is 18.0 Å². The quantitative estimate of drug-likeness (QED) is 0.879. The summed E-state index contributed by atoms with van der Waals surface area (Å²) in [6.07, 6.45) is 0.750. The Morgan fingerprint density at radius 3 is 2.60 bits per heavy atom. The lowest BCUT2D eigenvalue weighted by molar-refractivity contribution is 0.0539. The summed E-state index contributed by atoms with van der Waals surface area (Å²) in [4.78, 5) is -0.105. The van der Waals surface area contributed by atoms with E-state index in [-0.39, 0.29) is 22.3 Å². The van der Waals surface area contributed by atoms with Gasteiger partial charge >= 0.3 is 0 Å². The van der Waals surface area contributed by atoms with E-state index in [4.69, 9.17) is 21.5 Å². The van der Waals surface area contributed by atoms with Crippen LogP contribution in [0.2, 0.25) is 5.02 Å². The Balaban J connectivity index is 2.07. The number of nitrogens with two attached hydrogens (primary N) is 1. The molecule has 20 heavy (non-hydrogen) atoms. The molecule has 112 valence electrons. The molecule has 0 amide bonds. The highest BCUT2D eigenvalue weighted by atomic mass is 35.5. The largest absolute Gasteiger partial charge is 0.489 e. The maximum Gasteiger partial charge on any atom is 0.238 e. The summed E-state index contributed by atoms with van der Waals surface area (Å²) in [5.74, 6) is 0.245. The Labute approximate surface area is 122 Å². The van der Waals surface area contributed by atoms with Crippen LogP contribution >= 0.6 is 11.6 Å². The molecule has 0 unspecified atom stereocenters. The van der Waals surface area contributed by atoms with E-state index >= 15 is 0 Å². The maximum atomic E-state index is 14.3. The van der Waals surface area contributed by atoms with Crippen molar-refractivity contribution in [1.29, 1.82) is 0 Å². The minimum absolute atomic E-state index is 0.0917. The molecule has 1 aromatic carbocycles. The number of benzene rings is 1. The third kappa shape index (κ3) is 3.82. The van der Waals surface area contributed by atoms with E-state index in [2.05, 4.69) is 5.32 Å². The van der Waals surface area contributed by atoms with Gasteiger partial charge in [-0.1, -0.05) is 11.6 Å². The van der Waals surface area contributed by atoms with Crippen molar-refractivity contribution in [1.82, 2.24) is 5.32 Å². The third-order valence-corrected chi connectivity index (χ3v) is 4.42. The van der Waals surface area contributed by atoms with E-state index in [1.807, 2.05) is 0 Å². The number of primary sulfonamides is 1. The zero-order valence-corrected chi connectivity index (χ0v) is 12.3. The molecule has 0 aromatic heterocycles. The van der Waals surface area contributed by atoms with Crippen LogP contribution in [0, 0.1) is 0 Å². The fourth-order valence-electron chi connectivity index (χ4n) is 2.00. The molecule has 1 aromatic rings. The summed E-state index contributed by atoms with van der Waals surface area (Å²) in [5, 5.41) is 8.16. The van der Waals surface area contributed by atoms with Crippen LogP contribution in [-0.4, -0.2) is 33.8 Å². The number of sulfonamides is 1. The zero-order chi connectivity index (χ0) is 14.8. The van der Waals surface area contributed by atoms with Gasteiger partial charge in [-0.05, 0) is 44.1 Å². The molecule has 0 saturated carbocycles. The predicted molar refractivity (Wildman–Crippen MR) is 74.3 cm³/mol. The van der Waals surface area contributed by atoms with Gasteiger partial charge in [-0.2, -0.15) is 0 Å². The van der Waals surface area contributed by atoms with Crippen LogP contribution in [0.4, 0.5) is 4.39 Å². The van der Waals surface area contributed by atoms with Crippen molar-refractivity contribution in [2.45, 2.75) is 23.4 Å². The van der Waals surface area contributed by atoms with Crippen molar-refractivity contribution in [2.75, 3.05) is 19.7 Å². The zero-order valence-electron chi connectivity index (χ0n) is 10.7. The van der Waals surface area contributed by atoms with Crippen molar-refractivity contribution < 1.29 is 17.5 Å². The number of alkyl halides is 1. The standard InChI is InChI=1S/C12H16ClFN2O3S/c13-10-7-9(20(15,17)18)1-2-11(10)19-8-12(14)3-5-16-6-4-12/h1-2,7,16H,3-6,8H2,(H2,15,17,18). The molecule has 1 aliphatic rings. The SMILES string of the molecule is NS(=O)(=O)c1ccc(OCC2(F)CCNCC2)c(Cl)c1. The second-order valence-corrected chi connectivity index (χ2v) is 6.80. The number of hydrogen-bond acceptors (Lipinski definition) is 4. The molecule has 3 N–H and O–H groups in total. The van der Waals surface area contributed by atoms with Crippen LogP contribution in [0.15, 0.2) is 23.1 Å². The molecule has 0 bridgehead atoms. The van der Waals surface area contributed by atoms with Crippen molar-refractivity contribution in [3.05, 3.63) is 23.2 Å². The molecule has 5 nitrogen and oxygen atoms in total. The van der Waals surface area contributed by atoms with Crippen molar-refractivity contribution in [2.24, 2.45) is 5.14 Å². The van der Waals surface area contributed by atoms with Crippen molar-refractivity contribution in [3.8, 4) is 5.75 Å². The molecule has 8 heteroatoms. The molecule has 0 radical (unpaired) electrons. The first kappa shape index (κ1) is 15.5. The minimum atomic E-state index is -3.81. The molecule has 0 spiro atoms. The monoisotopic (exact) mass is 322 g/mol. The second-order valence-electron chi connectivity index (χ2n) is 4.83. The molecule has 1 heterocycles. The van der Waals surface area contributed by atoms with Gasteiger partial charge in [0.25, 0.3) is 0 Å². The minimum Gasteiger partial charge on any atom is -0.489 e. The van der Waals surface area contributed by atoms with Gasteiger partial charge in [0.15, 0.2) is 0 Å². The number of piperidine rings is 1. The third-order valence-electron chi connectivity index (χ3n) is 3.22. The Morgan fingerprint density at radius 2 is 2.05 bits per heavy atom. The van der Waals surface area contributed by atoms with Crippen molar-refractivity contribution >= 4 is 21.6 Å². The smallest absolute Gasteiger partial charge is 0.238 e. The number of hydrogen-bond donors (Lipinski definition) is 2. The topological polar surface area (TPSA) is 81.4 Å². The van der Waals surface area contributed by atoms with Crippen LogP contribution in [0.5, 0.6) is 5.75 Å². The predicted octanol–water partition coefficient (Wildman–Crippen LogP) is 1.46. The lowest BCUT2D eigenvalue weighted by Crippen LogP contribution is -2.42. The Bertz CT molecular complexity index is 588. The van der Waals surface area contributed by atoms with Gasteiger partial charge in [0.2, 0.25) is 10.0 Å². The van der Waals surface area contributed by atoms with Gasteiger partial charge < -0.3 is 10.1 Å². The number of halogens is 2. The number of nitrogens with one attached hydrogen (secondary N) is 1. The first-order chi connectivity index (χ1) is 9.30. The fraction of sp³-hybridized carbons (Fsp3) is 0.500. The van der Waals surface area contributed by atoms with Gasteiger partial charge in [0.05, 0.1) is 9.92 Å². The number of ether oxygens (including phenoxy) is 1. The van der Waals surface area contributed by atoms with E-state index in [1.165, 1.54) is 18.2 Å². The first-order valence-electron chi connectivity index (χ1n) is 6.15. The molecule has 1 saturated heterocycles. The Hall–Kier alpha value is -0.890. The average Bonchev–Trinajstić information content (AvgIpc) is 2.37. The van der Waals surface area contributed by atoms with Crippen LogP contribution in [-0.2, 0) is 10.0 Å². The first-order valence-corrected chi connectivity index (χ1v) is 8.07. The fourth-order valence-corrected chi connectivity index (χ4v) is 2.84. The van der Waals surface area contributed by atoms with E-state index in [9.17, 15) is 12.8 Å².